The van der Waals surface area contributed by atoms with Crippen molar-refractivity contribution in [3.8, 4) is 17.1 Å². The van der Waals surface area contributed by atoms with E-state index in [0.29, 0.717) is 24.9 Å². The van der Waals surface area contributed by atoms with Crippen LogP contribution >= 0.6 is 0 Å². The fourth-order valence-corrected chi connectivity index (χ4v) is 4.04. The molecule has 1 aromatic heterocycles. The molecular formula is C21H26N4O4S. The van der Waals surface area contributed by atoms with Gasteiger partial charge in [-0.2, -0.15) is 9.29 Å². The Morgan fingerprint density at radius 2 is 1.77 bits per heavy atom. The molecule has 0 bridgehead atoms. The zero-order valence-electron chi connectivity index (χ0n) is 17.5. The third-order valence-electron chi connectivity index (χ3n) is 4.59. The largest absolute Gasteiger partial charge is 0.494 e. The minimum Gasteiger partial charge on any atom is -0.494 e. The normalized spacial score (nSPS) is 11.8. The molecule has 0 unspecified atom stereocenters. The second kappa shape index (κ2) is 9.27. The molecule has 30 heavy (non-hydrogen) atoms. The predicted octanol–water partition coefficient (Wildman–Crippen LogP) is 3.78. The van der Waals surface area contributed by atoms with Gasteiger partial charge in [-0.15, -0.1) is 0 Å². The fourth-order valence-electron chi connectivity index (χ4n) is 2.68. The molecule has 0 aliphatic carbocycles. The smallest absolute Gasteiger partial charge is 0.246 e. The molecule has 0 fully saturated rings. The van der Waals surface area contributed by atoms with Crippen LogP contribution in [0.15, 0.2) is 57.9 Å². The molecule has 8 nitrogen and oxygen atoms in total. The Kier molecular flexibility index (Phi) is 6.73. The quantitative estimate of drug-likeness (QED) is 0.552. The highest BCUT2D eigenvalue weighted by Gasteiger charge is 2.22. The molecule has 1 heterocycles. The number of sulfonamides is 1. The molecule has 0 saturated heterocycles. The van der Waals surface area contributed by atoms with Gasteiger partial charge < -0.3 is 14.6 Å². The van der Waals surface area contributed by atoms with E-state index in [4.69, 9.17) is 9.26 Å². The molecule has 0 radical (unpaired) electrons. The summed E-state index contributed by atoms with van der Waals surface area (Å²) in [4.78, 5) is 4.64. The summed E-state index contributed by atoms with van der Waals surface area (Å²) in [6.07, 6.45) is 0. The molecule has 9 heteroatoms. The van der Waals surface area contributed by atoms with E-state index in [9.17, 15) is 8.42 Å². The summed E-state index contributed by atoms with van der Waals surface area (Å²) in [5, 5.41) is 7.16. The third kappa shape index (κ3) is 4.98. The number of hydrogen-bond donors (Lipinski definition) is 1. The first-order valence-electron chi connectivity index (χ1n) is 9.69. The van der Waals surface area contributed by atoms with Crippen LogP contribution in [0.2, 0.25) is 0 Å². The average Bonchev–Trinajstić information content (AvgIpc) is 3.22. The van der Waals surface area contributed by atoms with Crippen molar-refractivity contribution in [1.82, 2.24) is 14.4 Å². The number of aromatic nitrogens is 2. The van der Waals surface area contributed by atoms with Gasteiger partial charge in [0, 0.05) is 24.3 Å². The Labute approximate surface area is 176 Å². The molecule has 0 spiro atoms. The lowest BCUT2D eigenvalue weighted by Gasteiger charge is -2.21. The molecule has 3 aromatic rings. The van der Waals surface area contributed by atoms with Gasteiger partial charge in [0.1, 0.15) is 5.75 Å². The lowest BCUT2D eigenvalue weighted by Crippen LogP contribution is -2.33. The first-order valence-corrected chi connectivity index (χ1v) is 11.1. The molecule has 0 atom stereocenters. The minimum atomic E-state index is -3.50. The summed E-state index contributed by atoms with van der Waals surface area (Å²) >= 11 is 0. The monoisotopic (exact) mass is 430 g/mol. The topological polar surface area (TPSA) is 97.6 Å². The third-order valence-corrected chi connectivity index (χ3v) is 6.64. The van der Waals surface area contributed by atoms with Crippen molar-refractivity contribution in [3.05, 3.63) is 54.4 Å². The van der Waals surface area contributed by atoms with E-state index in [1.165, 1.54) is 4.31 Å². The van der Waals surface area contributed by atoms with Crippen molar-refractivity contribution in [2.45, 2.75) is 38.3 Å². The molecular weight excluding hydrogens is 404 g/mol. The van der Waals surface area contributed by atoms with Crippen LogP contribution in [0.4, 0.5) is 5.69 Å². The van der Waals surface area contributed by atoms with E-state index < -0.39 is 10.0 Å². The molecule has 0 aliphatic rings. The molecule has 0 amide bonds. The lowest BCUT2D eigenvalue weighted by molar-refractivity contribution is 0.340. The molecule has 0 aliphatic heterocycles. The highest BCUT2D eigenvalue weighted by Crippen LogP contribution is 2.21. The maximum Gasteiger partial charge on any atom is 0.246 e. The van der Waals surface area contributed by atoms with E-state index in [0.717, 1.165) is 17.0 Å². The number of anilines is 1. The summed E-state index contributed by atoms with van der Waals surface area (Å²) in [5.74, 6) is 1.71. The second-order valence-corrected chi connectivity index (χ2v) is 8.96. The molecule has 160 valence electrons. The van der Waals surface area contributed by atoms with Gasteiger partial charge in [0.2, 0.25) is 21.7 Å². The van der Waals surface area contributed by atoms with E-state index in [-0.39, 0.29) is 10.9 Å². The average molecular weight is 431 g/mol. The van der Waals surface area contributed by atoms with Gasteiger partial charge in [-0.1, -0.05) is 5.16 Å². The maximum absolute atomic E-state index is 12.5. The van der Waals surface area contributed by atoms with Crippen molar-refractivity contribution >= 4 is 15.7 Å². The van der Waals surface area contributed by atoms with Crippen LogP contribution in [-0.4, -0.2) is 42.6 Å². The standard InChI is InChI=1S/C21H26N4O4S/c1-5-28-18-10-6-16(7-11-18)21-23-20(29-24-21)14-22-17-8-12-19(13-9-17)30(26,27)25(4)15(2)3/h6-13,15,22H,5,14H2,1-4H3. The van der Waals surface area contributed by atoms with Gasteiger partial charge in [0.25, 0.3) is 0 Å². The number of ether oxygens (including phenoxy) is 1. The van der Waals surface area contributed by atoms with Crippen molar-refractivity contribution in [3.63, 3.8) is 0 Å². The molecule has 1 N–H and O–H groups in total. The van der Waals surface area contributed by atoms with Gasteiger partial charge >= 0.3 is 0 Å². The van der Waals surface area contributed by atoms with E-state index in [1.54, 1.807) is 31.3 Å². The van der Waals surface area contributed by atoms with Gasteiger partial charge in [-0.05, 0) is 69.3 Å². The van der Waals surface area contributed by atoms with Crippen molar-refractivity contribution in [2.75, 3.05) is 19.0 Å². The lowest BCUT2D eigenvalue weighted by atomic mass is 10.2. The zero-order chi connectivity index (χ0) is 21.7. The first-order chi connectivity index (χ1) is 14.3. The van der Waals surface area contributed by atoms with Gasteiger partial charge in [-0.25, -0.2) is 8.42 Å². The SMILES string of the molecule is CCOc1ccc(-c2noc(CNc3ccc(S(=O)(=O)N(C)C(C)C)cc3)n2)cc1. The molecule has 0 saturated carbocycles. The zero-order valence-corrected chi connectivity index (χ0v) is 18.3. The van der Waals surface area contributed by atoms with Crippen molar-refractivity contribution < 1.29 is 17.7 Å². The highest BCUT2D eigenvalue weighted by molar-refractivity contribution is 7.89. The van der Waals surface area contributed by atoms with E-state index >= 15 is 0 Å². The summed E-state index contributed by atoms with van der Waals surface area (Å²) in [6, 6.07) is 13.9. The number of nitrogens with one attached hydrogen (secondary N) is 1. The number of hydrogen-bond acceptors (Lipinski definition) is 7. The fraction of sp³-hybridized carbons (Fsp3) is 0.333. The summed E-state index contributed by atoms with van der Waals surface area (Å²) in [7, 11) is -1.93. The van der Waals surface area contributed by atoms with Crippen LogP contribution in [0, 0.1) is 0 Å². The minimum absolute atomic E-state index is 0.116. The van der Waals surface area contributed by atoms with E-state index in [1.807, 2.05) is 45.0 Å². The number of benzene rings is 2. The van der Waals surface area contributed by atoms with Crippen molar-refractivity contribution in [2.24, 2.45) is 0 Å². The van der Waals surface area contributed by atoms with Crippen LogP contribution in [-0.2, 0) is 16.6 Å². The van der Waals surface area contributed by atoms with E-state index in [2.05, 4.69) is 15.5 Å². The van der Waals surface area contributed by atoms with Gasteiger partial charge in [0.15, 0.2) is 0 Å². The van der Waals surface area contributed by atoms with Crippen LogP contribution in [0.5, 0.6) is 5.75 Å². The maximum atomic E-state index is 12.5. The summed E-state index contributed by atoms with van der Waals surface area (Å²) < 4.78 is 37.1. The van der Waals surface area contributed by atoms with Gasteiger partial charge in [-0.3, -0.25) is 0 Å². The van der Waals surface area contributed by atoms with Crippen LogP contribution < -0.4 is 10.1 Å². The number of nitrogens with zero attached hydrogens (tertiary/aromatic N) is 3. The molecule has 2 aromatic carbocycles. The number of rotatable bonds is 9. The Morgan fingerprint density at radius 1 is 1.10 bits per heavy atom. The van der Waals surface area contributed by atoms with Crippen molar-refractivity contribution in [1.29, 1.82) is 0 Å². The Balaban J connectivity index is 1.62. The predicted molar refractivity (Wildman–Crippen MR) is 115 cm³/mol. The Morgan fingerprint density at radius 3 is 2.37 bits per heavy atom. The molecule has 3 rings (SSSR count). The summed E-state index contributed by atoms with van der Waals surface area (Å²) in [6.45, 7) is 6.53. The first kappa shape index (κ1) is 21.8. The Bertz CT molecular complexity index is 1060. The van der Waals surface area contributed by atoms with Gasteiger partial charge in [0.05, 0.1) is 18.0 Å². The highest BCUT2D eigenvalue weighted by atomic mass is 32.2. The Hall–Kier alpha value is -2.91. The van der Waals surface area contributed by atoms with Crippen LogP contribution in [0.1, 0.15) is 26.7 Å². The van der Waals surface area contributed by atoms with Crippen LogP contribution in [0.25, 0.3) is 11.4 Å². The van der Waals surface area contributed by atoms with Crippen LogP contribution in [0.3, 0.4) is 0 Å². The summed E-state index contributed by atoms with van der Waals surface area (Å²) in [5.41, 5.74) is 1.58. The second-order valence-electron chi connectivity index (χ2n) is 6.96.